The Bertz CT molecular complexity index is 502. The van der Waals surface area contributed by atoms with Gasteiger partial charge in [0.2, 0.25) is 0 Å². The van der Waals surface area contributed by atoms with Crippen LogP contribution in [0.3, 0.4) is 0 Å². The van der Waals surface area contributed by atoms with Gasteiger partial charge >= 0.3 is 0 Å². The summed E-state index contributed by atoms with van der Waals surface area (Å²) in [6, 6.07) is 5.59. The lowest BCUT2D eigenvalue weighted by atomic mass is 10.1. The number of halogens is 1. The second-order valence-electron chi connectivity index (χ2n) is 4.09. The van der Waals surface area contributed by atoms with Crippen molar-refractivity contribution >= 4 is 22.6 Å². The Morgan fingerprint density at radius 2 is 2.12 bits per heavy atom. The molecule has 0 bridgehead atoms. The van der Waals surface area contributed by atoms with Gasteiger partial charge in [-0.3, -0.25) is 0 Å². The number of aliphatic hydroxyl groups excluding tert-OH is 1. The van der Waals surface area contributed by atoms with Crippen LogP contribution in [0.1, 0.15) is 37.2 Å². The number of furan rings is 1. The van der Waals surface area contributed by atoms with Gasteiger partial charge in [-0.05, 0) is 37.1 Å². The lowest BCUT2D eigenvalue weighted by molar-refractivity contribution is 0.141. The zero-order chi connectivity index (χ0) is 11.7. The van der Waals surface area contributed by atoms with Crippen molar-refractivity contribution in [1.29, 1.82) is 0 Å². The predicted molar refractivity (Wildman–Crippen MR) is 65.8 cm³/mol. The average Bonchev–Trinajstić information content (AvgIpc) is 2.62. The minimum absolute atomic E-state index is 0.518. The molecule has 3 heteroatoms. The topological polar surface area (TPSA) is 33.4 Å². The number of aliphatic hydroxyl groups is 1. The van der Waals surface area contributed by atoms with Gasteiger partial charge in [-0.2, -0.15) is 0 Å². The lowest BCUT2D eigenvalue weighted by Gasteiger charge is -2.03. The first-order chi connectivity index (χ1) is 7.61. The minimum atomic E-state index is -0.518. The normalized spacial score (nSPS) is 13.2. The molecule has 1 atom stereocenters. The van der Waals surface area contributed by atoms with E-state index in [0.717, 1.165) is 23.0 Å². The van der Waals surface area contributed by atoms with E-state index in [9.17, 15) is 5.11 Å². The summed E-state index contributed by atoms with van der Waals surface area (Å²) in [5.41, 5.74) is 1.81. The Kier molecular flexibility index (Phi) is 3.22. The van der Waals surface area contributed by atoms with E-state index in [1.807, 2.05) is 32.0 Å². The Morgan fingerprint density at radius 3 is 2.81 bits per heavy atom. The van der Waals surface area contributed by atoms with E-state index in [1.165, 1.54) is 0 Å². The maximum Gasteiger partial charge on any atom is 0.137 e. The molecule has 1 aromatic carbocycles. The van der Waals surface area contributed by atoms with Crippen molar-refractivity contribution in [1.82, 2.24) is 0 Å². The highest BCUT2D eigenvalue weighted by atomic mass is 35.5. The van der Waals surface area contributed by atoms with E-state index < -0.39 is 6.10 Å². The Morgan fingerprint density at radius 1 is 1.38 bits per heavy atom. The Labute approximate surface area is 99.8 Å². The molecule has 0 aliphatic rings. The number of hydrogen-bond acceptors (Lipinski definition) is 2. The van der Waals surface area contributed by atoms with Crippen LogP contribution in [-0.4, -0.2) is 5.11 Å². The highest BCUT2D eigenvalue weighted by Crippen LogP contribution is 2.30. The van der Waals surface area contributed by atoms with E-state index in [1.54, 1.807) is 0 Å². The van der Waals surface area contributed by atoms with Crippen LogP contribution >= 0.6 is 11.6 Å². The van der Waals surface area contributed by atoms with Gasteiger partial charge in [0.05, 0.1) is 0 Å². The van der Waals surface area contributed by atoms with Gasteiger partial charge in [-0.15, -0.1) is 0 Å². The van der Waals surface area contributed by atoms with Crippen LogP contribution in [0.15, 0.2) is 22.6 Å². The summed E-state index contributed by atoms with van der Waals surface area (Å²) in [6.45, 7) is 3.99. The highest BCUT2D eigenvalue weighted by Gasteiger charge is 2.13. The second kappa shape index (κ2) is 4.48. The van der Waals surface area contributed by atoms with Crippen LogP contribution in [0.2, 0.25) is 5.02 Å². The molecule has 0 spiro atoms. The third-order valence-corrected chi connectivity index (χ3v) is 2.89. The first kappa shape index (κ1) is 11.5. The number of hydrogen-bond donors (Lipinski definition) is 1. The van der Waals surface area contributed by atoms with Crippen molar-refractivity contribution < 1.29 is 9.52 Å². The van der Waals surface area contributed by atoms with Crippen LogP contribution < -0.4 is 0 Å². The summed E-state index contributed by atoms with van der Waals surface area (Å²) in [5, 5.41) is 11.5. The molecule has 16 heavy (non-hydrogen) atoms. The summed E-state index contributed by atoms with van der Waals surface area (Å²) in [5.74, 6) is 0.627. The van der Waals surface area contributed by atoms with E-state index in [2.05, 4.69) is 0 Å². The molecule has 0 aliphatic heterocycles. The molecule has 1 unspecified atom stereocenters. The second-order valence-corrected chi connectivity index (χ2v) is 4.53. The molecule has 0 aliphatic carbocycles. The maximum absolute atomic E-state index is 9.86. The largest absolute Gasteiger partial charge is 0.458 e. The lowest BCUT2D eigenvalue weighted by Crippen LogP contribution is -1.93. The van der Waals surface area contributed by atoms with Crippen molar-refractivity contribution in [2.45, 2.75) is 32.8 Å². The van der Waals surface area contributed by atoms with Gasteiger partial charge in [0.25, 0.3) is 0 Å². The SMILES string of the molecule is CCCC(O)c1cc2cc(Cl)cc(C)c2o1. The van der Waals surface area contributed by atoms with Crippen LogP contribution in [-0.2, 0) is 0 Å². The molecule has 86 valence electrons. The van der Waals surface area contributed by atoms with E-state index >= 15 is 0 Å². The fourth-order valence-corrected chi connectivity index (χ4v) is 2.16. The summed E-state index contributed by atoms with van der Waals surface area (Å²) in [4.78, 5) is 0. The molecular formula is C13H15ClO2. The van der Waals surface area contributed by atoms with Crippen molar-refractivity contribution in [3.63, 3.8) is 0 Å². The van der Waals surface area contributed by atoms with Gasteiger partial charge in [0, 0.05) is 10.4 Å². The third-order valence-electron chi connectivity index (χ3n) is 2.68. The van der Waals surface area contributed by atoms with Crippen molar-refractivity contribution in [3.8, 4) is 0 Å². The summed E-state index contributed by atoms with van der Waals surface area (Å²) in [6.07, 6.45) is 1.13. The van der Waals surface area contributed by atoms with E-state index in [0.29, 0.717) is 17.2 Å². The average molecular weight is 239 g/mol. The Hall–Kier alpha value is -0.990. The number of aryl methyl sites for hydroxylation is 1. The molecule has 0 fully saturated rings. The predicted octanol–water partition coefficient (Wildman–Crippen LogP) is 4.23. The molecule has 0 saturated carbocycles. The number of fused-ring (bicyclic) bond motifs is 1. The standard InChI is InChI=1S/C13H15ClO2/c1-3-4-11(15)12-7-9-6-10(14)5-8(2)13(9)16-12/h5-7,11,15H,3-4H2,1-2H3. The molecule has 1 aromatic heterocycles. The van der Waals surface area contributed by atoms with E-state index in [-0.39, 0.29) is 0 Å². The van der Waals surface area contributed by atoms with Gasteiger partial charge < -0.3 is 9.52 Å². The van der Waals surface area contributed by atoms with Gasteiger partial charge in [0.15, 0.2) is 0 Å². The molecule has 0 radical (unpaired) electrons. The quantitative estimate of drug-likeness (QED) is 0.868. The van der Waals surface area contributed by atoms with E-state index in [4.69, 9.17) is 16.0 Å². The van der Waals surface area contributed by atoms with Gasteiger partial charge in [-0.25, -0.2) is 0 Å². The summed E-state index contributed by atoms with van der Waals surface area (Å²) >= 11 is 5.97. The Balaban J connectivity index is 2.47. The zero-order valence-electron chi connectivity index (χ0n) is 9.46. The summed E-state index contributed by atoms with van der Waals surface area (Å²) in [7, 11) is 0. The number of rotatable bonds is 3. The highest BCUT2D eigenvalue weighted by molar-refractivity contribution is 6.31. The molecule has 2 aromatic rings. The fraction of sp³-hybridized carbons (Fsp3) is 0.385. The first-order valence-corrected chi connectivity index (χ1v) is 5.87. The van der Waals surface area contributed by atoms with Gasteiger partial charge in [-0.1, -0.05) is 24.9 Å². The van der Waals surface area contributed by atoms with Crippen LogP contribution in [0.5, 0.6) is 0 Å². The first-order valence-electron chi connectivity index (χ1n) is 5.49. The van der Waals surface area contributed by atoms with Crippen molar-refractivity contribution in [3.05, 3.63) is 34.5 Å². The minimum Gasteiger partial charge on any atom is -0.458 e. The van der Waals surface area contributed by atoms with Crippen LogP contribution in [0.25, 0.3) is 11.0 Å². The summed E-state index contributed by atoms with van der Waals surface area (Å²) < 4.78 is 5.66. The van der Waals surface area contributed by atoms with Crippen LogP contribution in [0.4, 0.5) is 0 Å². The fourth-order valence-electron chi connectivity index (χ4n) is 1.88. The van der Waals surface area contributed by atoms with Gasteiger partial charge in [0.1, 0.15) is 17.4 Å². The monoisotopic (exact) mass is 238 g/mol. The molecule has 1 heterocycles. The third kappa shape index (κ3) is 2.08. The number of benzene rings is 1. The molecular weight excluding hydrogens is 224 g/mol. The van der Waals surface area contributed by atoms with Crippen molar-refractivity contribution in [2.24, 2.45) is 0 Å². The molecule has 2 nitrogen and oxygen atoms in total. The van der Waals surface area contributed by atoms with Crippen molar-refractivity contribution in [2.75, 3.05) is 0 Å². The molecule has 0 saturated heterocycles. The zero-order valence-corrected chi connectivity index (χ0v) is 10.2. The molecule has 2 rings (SSSR count). The smallest absolute Gasteiger partial charge is 0.137 e. The maximum atomic E-state index is 9.86. The molecule has 1 N–H and O–H groups in total. The van der Waals surface area contributed by atoms with Crippen LogP contribution in [0, 0.1) is 6.92 Å². The molecule has 0 amide bonds.